The second kappa shape index (κ2) is 7.50. The van der Waals surface area contributed by atoms with Crippen molar-refractivity contribution in [3.63, 3.8) is 0 Å². The lowest BCUT2D eigenvalue weighted by atomic mass is 10.0. The van der Waals surface area contributed by atoms with Crippen LogP contribution in [0, 0.1) is 0 Å². The van der Waals surface area contributed by atoms with Gasteiger partial charge in [0, 0.05) is 24.1 Å². The summed E-state index contributed by atoms with van der Waals surface area (Å²) >= 11 is 0. The molecule has 2 aromatic rings. The fourth-order valence-corrected chi connectivity index (χ4v) is 3.82. The summed E-state index contributed by atoms with van der Waals surface area (Å²) in [5.41, 5.74) is 2.66. The summed E-state index contributed by atoms with van der Waals surface area (Å²) in [6.07, 6.45) is 0.522. The SMILES string of the molecule is CC(NC(=O)c1ccc2c(c1)CN(C1CCC(=O)NC1=O)C2=O)c1ccccc1. The molecular formula is C22H21N3O4. The largest absolute Gasteiger partial charge is 0.346 e. The fourth-order valence-electron chi connectivity index (χ4n) is 3.82. The average molecular weight is 391 g/mol. The quantitative estimate of drug-likeness (QED) is 0.779. The van der Waals surface area contributed by atoms with E-state index in [-0.39, 0.29) is 36.7 Å². The monoisotopic (exact) mass is 391 g/mol. The van der Waals surface area contributed by atoms with E-state index in [9.17, 15) is 19.2 Å². The van der Waals surface area contributed by atoms with Gasteiger partial charge in [-0.3, -0.25) is 24.5 Å². The molecule has 7 nitrogen and oxygen atoms in total. The summed E-state index contributed by atoms with van der Waals surface area (Å²) in [6, 6.07) is 13.8. The number of fused-ring (bicyclic) bond motifs is 1. The number of carbonyl (C=O) groups excluding carboxylic acids is 4. The molecule has 0 spiro atoms. The Kier molecular flexibility index (Phi) is 4.88. The van der Waals surface area contributed by atoms with E-state index >= 15 is 0 Å². The lowest BCUT2D eigenvalue weighted by Gasteiger charge is -2.29. The van der Waals surface area contributed by atoms with E-state index < -0.39 is 11.9 Å². The van der Waals surface area contributed by atoms with E-state index in [1.165, 1.54) is 4.90 Å². The normalized spacial score (nSPS) is 19.6. The van der Waals surface area contributed by atoms with Gasteiger partial charge in [0.15, 0.2) is 0 Å². The first-order valence-corrected chi connectivity index (χ1v) is 9.57. The maximum atomic E-state index is 12.7. The average Bonchev–Trinajstić information content (AvgIpc) is 3.04. The van der Waals surface area contributed by atoms with Gasteiger partial charge in [0.05, 0.1) is 6.04 Å². The zero-order chi connectivity index (χ0) is 20.5. The number of hydrogen-bond acceptors (Lipinski definition) is 4. The number of piperidine rings is 1. The molecule has 1 fully saturated rings. The third-order valence-electron chi connectivity index (χ3n) is 5.43. The number of imide groups is 1. The molecule has 2 aliphatic heterocycles. The van der Waals surface area contributed by atoms with Crippen molar-refractivity contribution in [1.29, 1.82) is 0 Å². The van der Waals surface area contributed by atoms with Gasteiger partial charge in [-0.15, -0.1) is 0 Å². The van der Waals surface area contributed by atoms with Gasteiger partial charge in [0.2, 0.25) is 11.8 Å². The summed E-state index contributed by atoms with van der Waals surface area (Å²) in [5.74, 6) is -1.24. The molecular weight excluding hydrogens is 370 g/mol. The minimum absolute atomic E-state index is 0.154. The molecule has 1 saturated heterocycles. The van der Waals surface area contributed by atoms with Gasteiger partial charge in [-0.05, 0) is 42.7 Å². The fraction of sp³-hybridized carbons (Fsp3) is 0.273. The van der Waals surface area contributed by atoms with E-state index in [2.05, 4.69) is 10.6 Å². The highest BCUT2D eigenvalue weighted by atomic mass is 16.2. The van der Waals surface area contributed by atoms with Crippen molar-refractivity contribution < 1.29 is 19.2 Å². The molecule has 7 heteroatoms. The lowest BCUT2D eigenvalue weighted by molar-refractivity contribution is -0.136. The molecule has 2 atom stereocenters. The summed E-state index contributed by atoms with van der Waals surface area (Å²) in [7, 11) is 0. The van der Waals surface area contributed by atoms with Crippen LogP contribution < -0.4 is 10.6 Å². The highest BCUT2D eigenvalue weighted by Crippen LogP contribution is 2.28. The molecule has 2 unspecified atom stereocenters. The zero-order valence-corrected chi connectivity index (χ0v) is 16.0. The second-order valence-electron chi connectivity index (χ2n) is 7.38. The van der Waals surface area contributed by atoms with Gasteiger partial charge in [0.1, 0.15) is 6.04 Å². The molecule has 0 aliphatic carbocycles. The highest BCUT2D eigenvalue weighted by molar-refractivity contribution is 6.06. The molecule has 0 aromatic heterocycles. The van der Waals surface area contributed by atoms with Crippen LogP contribution >= 0.6 is 0 Å². The lowest BCUT2D eigenvalue weighted by Crippen LogP contribution is -2.52. The summed E-state index contributed by atoms with van der Waals surface area (Å²) < 4.78 is 0. The summed E-state index contributed by atoms with van der Waals surface area (Å²) in [4.78, 5) is 50.4. The Bertz CT molecular complexity index is 1000. The molecule has 4 amide bonds. The van der Waals surface area contributed by atoms with Gasteiger partial charge in [0.25, 0.3) is 11.8 Å². The van der Waals surface area contributed by atoms with Crippen molar-refractivity contribution in [2.24, 2.45) is 0 Å². The van der Waals surface area contributed by atoms with Crippen molar-refractivity contribution in [2.75, 3.05) is 0 Å². The van der Waals surface area contributed by atoms with E-state index in [1.807, 2.05) is 37.3 Å². The first kappa shape index (κ1) is 18.9. The second-order valence-corrected chi connectivity index (χ2v) is 7.38. The zero-order valence-electron chi connectivity index (χ0n) is 16.0. The van der Waals surface area contributed by atoms with Crippen molar-refractivity contribution in [1.82, 2.24) is 15.5 Å². The Labute approximate surface area is 168 Å². The molecule has 29 heavy (non-hydrogen) atoms. The van der Waals surface area contributed by atoms with Crippen LogP contribution in [0.2, 0.25) is 0 Å². The Morgan fingerprint density at radius 1 is 1.14 bits per heavy atom. The van der Waals surface area contributed by atoms with E-state index in [1.54, 1.807) is 18.2 Å². The number of rotatable bonds is 4. The molecule has 2 heterocycles. The summed E-state index contributed by atoms with van der Waals surface area (Å²) in [6.45, 7) is 2.16. The highest BCUT2D eigenvalue weighted by Gasteiger charge is 2.39. The van der Waals surface area contributed by atoms with Crippen molar-refractivity contribution >= 4 is 23.6 Å². The summed E-state index contributed by atoms with van der Waals surface area (Å²) in [5, 5.41) is 5.25. The molecule has 2 aliphatic rings. The molecule has 2 aromatic carbocycles. The Morgan fingerprint density at radius 2 is 1.90 bits per heavy atom. The van der Waals surface area contributed by atoms with Crippen LogP contribution in [-0.4, -0.2) is 34.6 Å². The molecule has 0 saturated carbocycles. The van der Waals surface area contributed by atoms with Crippen LogP contribution in [0.25, 0.3) is 0 Å². The number of hydrogen-bond donors (Lipinski definition) is 2. The minimum Gasteiger partial charge on any atom is -0.346 e. The van der Waals surface area contributed by atoms with Gasteiger partial charge in [-0.1, -0.05) is 30.3 Å². The van der Waals surface area contributed by atoms with Gasteiger partial charge in [-0.25, -0.2) is 0 Å². The molecule has 4 rings (SSSR count). The molecule has 2 N–H and O–H groups in total. The smallest absolute Gasteiger partial charge is 0.255 e. The number of amides is 4. The maximum Gasteiger partial charge on any atom is 0.255 e. The van der Waals surface area contributed by atoms with E-state index in [4.69, 9.17) is 0 Å². The van der Waals surface area contributed by atoms with Gasteiger partial charge < -0.3 is 10.2 Å². The van der Waals surface area contributed by atoms with Crippen molar-refractivity contribution in [3.05, 3.63) is 70.8 Å². The van der Waals surface area contributed by atoms with Crippen LogP contribution in [0.1, 0.15) is 57.7 Å². The third-order valence-corrected chi connectivity index (χ3v) is 5.43. The predicted molar refractivity (Wildman–Crippen MR) is 105 cm³/mol. The number of nitrogens with zero attached hydrogens (tertiary/aromatic N) is 1. The van der Waals surface area contributed by atoms with Crippen molar-refractivity contribution in [2.45, 2.75) is 38.4 Å². The Balaban J connectivity index is 1.49. The molecule has 148 valence electrons. The first-order valence-electron chi connectivity index (χ1n) is 9.57. The predicted octanol–water partition coefficient (Wildman–Crippen LogP) is 1.94. The Hall–Kier alpha value is -3.48. The minimum atomic E-state index is -0.664. The number of benzene rings is 2. The standard InChI is InChI=1S/C22H21N3O4/c1-13(14-5-3-2-4-6-14)23-20(27)15-7-8-17-16(11-15)12-25(22(17)29)18-9-10-19(26)24-21(18)28/h2-8,11,13,18H,9-10,12H2,1H3,(H,23,27)(H,24,26,28). The van der Waals surface area contributed by atoms with E-state index in [0.29, 0.717) is 23.1 Å². The van der Waals surface area contributed by atoms with Crippen LogP contribution in [0.5, 0.6) is 0 Å². The van der Waals surface area contributed by atoms with Crippen LogP contribution in [0.3, 0.4) is 0 Å². The van der Waals surface area contributed by atoms with E-state index in [0.717, 1.165) is 5.56 Å². The van der Waals surface area contributed by atoms with Crippen LogP contribution in [0.15, 0.2) is 48.5 Å². The van der Waals surface area contributed by atoms with Crippen LogP contribution in [-0.2, 0) is 16.1 Å². The third kappa shape index (κ3) is 3.63. The van der Waals surface area contributed by atoms with Gasteiger partial charge in [-0.2, -0.15) is 0 Å². The molecule has 0 radical (unpaired) electrons. The number of nitrogens with one attached hydrogen (secondary N) is 2. The van der Waals surface area contributed by atoms with Gasteiger partial charge >= 0.3 is 0 Å². The Morgan fingerprint density at radius 3 is 2.62 bits per heavy atom. The van der Waals surface area contributed by atoms with Crippen molar-refractivity contribution in [3.8, 4) is 0 Å². The number of carbonyl (C=O) groups is 4. The molecule has 0 bridgehead atoms. The first-order chi connectivity index (χ1) is 13.9. The van der Waals surface area contributed by atoms with Crippen LogP contribution in [0.4, 0.5) is 0 Å². The topological polar surface area (TPSA) is 95.6 Å². The maximum absolute atomic E-state index is 12.7.